The van der Waals surface area contributed by atoms with Crippen molar-refractivity contribution < 1.29 is 4.79 Å². The number of nitrogens with zero attached hydrogens (tertiary/aromatic N) is 2. The van der Waals surface area contributed by atoms with Crippen molar-refractivity contribution in [2.45, 2.75) is 20.8 Å². The molecule has 0 saturated heterocycles. The van der Waals surface area contributed by atoms with Crippen LogP contribution in [0.25, 0.3) is 15.9 Å². The number of benzene rings is 1. The fraction of sp³-hybridized carbons (Fsp3) is 0.333. The molecule has 0 bridgehead atoms. The summed E-state index contributed by atoms with van der Waals surface area (Å²) in [7, 11) is 0. The van der Waals surface area contributed by atoms with E-state index in [2.05, 4.69) is 10.4 Å². The molecule has 0 aliphatic rings. The molecule has 1 amide bonds. The van der Waals surface area contributed by atoms with Crippen LogP contribution in [0.4, 0.5) is 0 Å². The fourth-order valence-corrected chi connectivity index (χ4v) is 3.48. The number of nitrogens with one attached hydrogen (secondary N) is 1. The minimum atomic E-state index is -0.108. The zero-order valence-corrected chi connectivity index (χ0v) is 15.0. The summed E-state index contributed by atoms with van der Waals surface area (Å²) in [5.41, 5.74) is 7.53. The molecule has 3 N–H and O–H groups in total. The SMILES string of the molecule is Cc1nn(-c2ccccc2)c2sc(C(=O)NCC(C)(C)CN)cc12. The van der Waals surface area contributed by atoms with E-state index in [4.69, 9.17) is 5.73 Å². The molecule has 3 rings (SSSR count). The van der Waals surface area contributed by atoms with Crippen molar-refractivity contribution in [3.05, 3.63) is 47.0 Å². The molecule has 1 aromatic carbocycles. The maximum absolute atomic E-state index is 12.5. The zero-order chi connectivity index (χ0) is 17.3. The van der Waals surface area contributed by atoms with Crippen molar-refractivity contribution in [3.63, 3.8) is 0 Å². The van der Waals surface area contributed by atoms with Gasteiger partial charge in [0.1, 0.15) is 4.83 Å². The first kappa shape index (κ1) is 16.7. The summed E-state index contributed by atoms with van der Waals surface area (Å²) < 4.78 is 1.90. The third-order valence-corrected chi connectivity index (χ3v) is 5.16. The summed E-state index contributed by atoms with van der Waals surface area (Å²) in [4.78, 5) is 14.1. The van der Waals surface area contributed by atoms with E-state index in [9.17, 15) is 4.79 Å². The third kappa shape index (κ3) is 3.20. The molecule has 0 spiro atoms. The van der Waals surface area contributed by atoms with Gasteiger partial charge in [-0.2, -0.15) is 5.10 Å². The van der Waals surface area contributed by atoms with Crippen LogP contribution in [0.3, 0.4) is 0 Å². The Morgan fingerprint density at radius 2 is 2.04 bits per heavy atom. The molecule has 6 heteroatoms. The van der Waals surface area contributed by atoms with Crippen LogP contribution < -0.4 is 11.1 Å². The molecule has 0 saturated carbocycles. The Bertz CT molecular complexity index is 864. The number of hydrogen-bond acceptors (Lipinski definition) is 4. The number of para-hydroxylation sites is 1. The number of carbonyl (C=O) groups excluding carboxylic acids is 1. The fourth-order valence-electron chi connectivity index (χ4n) is 2.38. The Morgan fingerprint density at radius 3 is 2.71 bits per heavy atom. The number of fused-ring (bicyclic) bond motifs is 1. The number of aromatic nitrogens is 2. The molecule has 2 aromatic heterocycles. The Hall–Kier alpha value is -2.18. The molecule has 126 valence electrons. The summed E-state index contributed by atoms with van der Waals surface area (Å²) in [6, 6.07) is 11.9. The monoisotopic (exact) mass is 342 g/mol. The second-order valence-corrected chi connectivity index (χ2v) is 7.74. The summed E-state index contributed by atoms with van der Waals surface area (Å²) in [5.74, 6) is -0.0586. The highest BCUT2D eigenvalue weighted by molar-refractivity contribution is 7.20. The Morgan fingerprint density at radius 1 is 1.33 bits per heavy atom. The van der Waals surface area contributed by atoms with Crippen molar-refractivity contribution in [2.75, 3.05) is 13.1 Å². The van der Waals surface area contributed by atoms with E-state index in [1.54, 1.807) is 0 Å². The van der Waals surface area contributed by atoms with Crippen molar-refractivity contribution >= 4 is 27.5 Å². The molecule has 24 heavy (non-hydrogen) atoms. The standard InChI is InChI=1S/C18H22N4OS/c1-12-14-9-15(16(23)20-11-18(2,3)10-19)24-17(14)22(21-12)13-7-5-4-6-8-13/h4-9H,10-11,19H2,1-3H3,(H,20,23). The number of carbonyl (C=O) groups is 1. The lowest BCUT2D eigenvalue weighted by atomic mass is 9.94. The van der Waals surface area contributed by atoms with E-state index in [0.717, 1.165) is 21.6 Å². The second-order valence-electron chi connectivity index (χ2n) is 6.71. The van der Waals surface area contributed by atoms with Crippen molar-refractivity contribution in [2.24, 2.45) is 11.1 Å². The summed E-state index contributed by atoms with van der Waals surface area (Å²) in [6.07, 6.45) is 0. The number of aryl methyl sites for hydroxylation is 1. The Kier molecular flexibility index (Phi) is 4.43. The van der Waals surface area contributed by atoms with Crippen molar-refractivity contribution in [1.82, 2.24) is 15.1 Å². The van der Waals surface area contributed by atoms with Crippen LogP contribution in [0, 0.1) is 12.3 Å². The van der Waals surface area contributed by atoms with E-state index >= 15 is 0 Å². The van der Waals surface area contributed by atoms with E-state index in [1.165, 1.54) is 11.3 Å². The highest BCUT2D eigenvalue weighted by atomic mass is 32.1. The lowest BCUT2D eigenvalue weighted by Gasteiger charge is -2.22. The van der Waals surface area contributed by atoms with Crippen LogP contribution >= 0.6 is 11.3 Å². The van der Waals surface area contributed by atoms with Gasteiger partial charge in [-0.25, -0.2) is 4.68 Å². The van der Waals surface area contributed by atoms with Crippen LogP contribution in [-0.4, -0.2) is 28.8 Å². The molecule has 0 radical (unpaired) electrons. The topological polar surface area (TPSA) is 72.9 Å². The van der Waals surface area contributed by atoms with Crippen molar-refractivity contribution in [1.29, 1.82) is 0 Å². The summed E-state index contributed by atoms with van der Waals surface area (Å²) in [5, 5.41) is 8.60. The Balaban J connectivity index is 1.91. The average molecular weight is 342 g/mol. The van der Waals surface area contributed by atoms with Gasteiger partial charge in [-0.1, -0.05) is 32.0 Å². The van der Waals surface area contributed by atoms with E-state index in [-0.39, 0.29) is 11.3 Å². The van der Waals surface area contributed by atoms with Crippen LogP contribution in [0.1, 0.15) is 29.2 Å². The number of rotatable bonds is 5. The zero-order valence-electron chi connectivity index (χ0n) is 14.2. The van der Waals surface area contributed by atoms with Gasteiger partial charge in [-0.05, 0) is 37.1 Å². The van der Waals surface area contributed by atoms with Gasteiger partial charge in [0.15, 0.2) is 0 Å². The molecule has 0 aliphatic carbocycles. The molecule has 0 atom stereocenters. The first-order valence-corrected chi connectivity index (χ1v) is 8.76. The van der Waals surface area contributed by atoms with Crippen LogP contribution in [0.2, 0.25) is 0 Å². The smallest absolute Gasteiger partial charge is 0.261 e. The highest BCUT2D eigenvalue weighted by Crippen LogP contribution is 2.30. The minimum Gasteiger partial charge on any atom is -0.351 e. The van der Waals surface area contributed by atoms with Gasteiger partial charge in [0.2, 0.25) is 0 Å². The van der Waals surface area contributed by atoms with Crippen LogP contribution in [-0.2, 0) is 0 Å². The first-order valence-electron chi connectivity index (χ1n) is 7.94. The van der Waals surface area contributed by atoms with Crippen LogP contribution in [0.5, 0.6) is 0 Å². The maximum atomic E-state index is 12.5. The first-order chi connectivity index (χ1) is 11.4. The number of hydrogen-bond donors (Lipinski definition) is 2. The average Bonchev–Trinajstić information content (AvgIpc) is 3.14. The van der Waals surface area contributed by atoms with Gasteiger partial charge in [-0.15, -0.1) is 11.3 Å². The normalized spacial score (nSPS) is 11.8. The lowest BCUT2D eigenvalue weighted by molar-refractivity contribution is 0.0942. The molecule has 5 nitrogen and oxygen atoms in total. The predicted octanol–water partition coefficient (Wildman–Crippen LogP) is 3.11. The quantitative estimate of drug-likeness (QED) is 0.748. The largest absolute Gasteiger partial charge is 0.351 e. The molecular formula is C18H22N4OS. The Labute approximate surface area is 145 Å². The lowest BCUT2D eigenvalue weighted by Crippen LogP contribution is -2.38. The van der Waals surface area contributed by atoms with Gasteiger partial charge in [-0.3, -0.25) is 4.79 Å². The van der Waals surface area contributed by atoms with E-state index in [1.807, 2.05) is 61.9 Å². The molecule has 2 heterocycles. The van der Waals surface area contributed by atoms with Gasteiger partial charge >= 0.3 is 0 Å². The molecule has 0 unspecified atom stereocenters. The summed E-state index contributed by atoms with van der Waals surface area (Å²) in [6.45, 7) is 7.13. The van der Waals surface area contributed by atoms with Crippen LogP contribution in [0.15, 0.2) is 36.4 Å². The molecule has 0 fully saturated rings. The molecule has 3 aromatic rings. The highest BCUT2D eigenvalue weighted by Gasteiger charge is 2.20. The molecular weight excluding hydrogens is 320 g/mol. The summed E-state index contributed by atoms with van der Waals surface area (Å²) >= 11 is 1.46. The van der Waals surface area contributed by atoms with Gasteiger partial charge in [0.05, 0.1) is 16.3 Å². The number of nitrogens with two attached hydrogens (primary N) is 1. The number of thiophene rings is 1. The predicted molar refractivity (Wildman–Crippen MR) is 98.9 cm³/mol. The minimum absolute atomic E-state index is 0.0586. The van der Waals surface area contributed by atoms with E-state index in [0.29, 0.717) is 18.0 Å². The second kappa shape index (κ2) is 6.37. The van der Waals surface area contributed by atoms with Gasteiger partial charge < -0.3 is 11.1 Å². The van der Waals surface area contributed by atoms with Gasteiger partial charge in [0, 0.05) is 11.9 Å². The number of amides is 1. The molecule has 0 aliphatic heterocycles. The van der Waals surface area contributed by atoms with Crippen molar-refractivity contribution in [3.8, 4) is 5.69 Å². The maximum Gasteiger partial charge on any atom is 0.261 e. The third-order valence-electron chi connectivity index (χ3n) is 4.05. The van der Waals surface area contributed by atoms with E-state index < -0.39 is 0 Å². The van der Waals surface area contributed by atoms with Gasteiger partial charge in [0.25, 0.3) is 5.91 Å².